The molecule has 0 amide bonds. The smallest absolute Gasteiger partial charge is 0.337 e. The number of hydrogen-bond acceptors (Lipinski definition) is 2. The van der Waals surface area contributed by atoms with Crippen molar-refractivity contribution in [2.45, 2.75) is 34.6 Å². The van der Waals surface area contributed by atoms with E-state index in [2.05, 4.69) is 24.7 Å². The summed E-state index contributed by atoms with van der Waals surface area (Å²) in [7, 11) is 0. The van der Waals surface area contributed by atoms with E-state index in [0.717, 1.165) is 0 Å². The lowest BCUT2D eigenvalue weighted by Crippen LogP contribution is -2.41. The van der Waals surface area contributed by atoms with Gasteiger partial charge in [-0.05, 0) is 12.5 Å². The molecule has 4 nitrogen and oxygen atoms in total. The summed E-state index contributed by atoms with van der Waals surface area (Å²) in [5, 5.41) is 10.4. The van der Waals surface area contributed by atoms with Crippen LogP contribution in [0.3, 0.4) is 0 Å². The molecule has 0 aliphatic carbocycles. The van der Waals surface area contributed by atoms with Crippen molar-refractivity contribution in [1.82, 2.24) is 4.98 Å². The second-order valence-electron chi connectivity index (χ2n) is 4.09. The Hall–Kier alpha value is -2.88. The number of carboxylic acids is 1. The van der Waals surface area contributed by atoms with Crippen LogP contribution in [0.15, 0.2) is 48.8 Å². The zero-order chi connectivity index (χ0) is 20.0. The van der Waals surface area contributed by atoms with Gasteiger partial charge in [0.15, 0.2) is 0 Å². The summed E-state index contributed by atoms with van der Waals surface area (Å²) in [4.78, 5) is 26.6. The first-order valence-corrected chi connectivity index (χ1v) is 8.26. The second-order valence-corrected chi connectivity index (χ2v) is 4.09. The van der Waals surface area contributed by atoms with E-state index in [1.807, 2.05) is 27.7 Å². The number of aromatic nitrogens is 1. The van der Waals surface area contributed by atoms with Crippen LogP contribution in [-0.2, 0) is 0 Å². The van der Waals surface area contributed by atoms with Gasteiger partial charge in [-0.15, -0.1) is 0 Å². The van der Waals surface area contributed by atoms with Gasteiger partial charge in [0.25, 0.3) is 5.56 Å². The number of pyridine rings is 1. The minimum Gasteiger partial charge on any atom is -0.478 e. The number of carbonyl (C=O) groups is 1. The van der Waals surface area contributed by atoms with Crippen molar-refractivity contribution in [1.29, 1.82) is 0 Å². The van der Waals surface area contributed by atoms with Gasteiger partial charge in [-0.3, -0.25) is 4.79 Å². The molecular formula is C21H29NO3. The number of allylic oxidation sites excluding steroid dienone is 5. The fourth-order valence-electron chi connectivity index (χ4n) is 2.03. The highest BCUT2D eigenvalue weighted by molar-refractivity contribution is 5.96. The van der Waals surface area contributed by atoms with Crippen molar-refractivity contribution in [3.63, 3.8) is 0 Å². The third kappa shape index (κ3) is 6.26. The third-order valence-electron chi connectivity index (χ3n) is 2.88. The molecule has 2 N–H and O–H groups in total. The molecule has 136 valence electrons. The lowest BCUT2D eigenvalue weighted by Gasteiger charge is -2.07. The van der Waals surface area contributed by atoms with E-state index >= 15 is 0 Å². The number of nitrogens with one attached hydrogen (secondary N) is 1. The quantitative estimate of drug-likeness (QED) is 0.802. The van der Waals surface area contributed by atoms with E-state index in [-0.39, 0.29) is 11.1 Å². The largest absolute Gasteiger partial charge is 0.478 e. The van der Waals surface area contributed by atoms with Crippen molar-refractivity contribution in [2.75, 3.05) is 0 Å². The Morgan fingerprint density at radius 3 is 1.96 bits per heavy atom. The van der Waals surface area contributed by atoms with Crippen LogP contribution < -0.4 is 16.1 Å². The molecule has 0 saturated heterocycles. The Balaban J connectivity index is 0. The van der Waals surface area contributed by atoms with Crippen LogP contribution in [0.5, 0.6) is 0 Å². The van der Waals surface area contributed by atoms with Gasteiger partial charge in [0.2, 0.25) is 0 Å². The van der Waals surface area contributed by atoms with Crippen molar-refractivity contribution >= 4 is 23.7 Å². The van der Waals surface area contributed by atoms with Crippen LogP contribution in [0, 0.1) is 0 Å². The third-order valence-corrected chi connectivity index (χ3v) is 2.88. The summed E-state index contributed by atoms with van der Waals surface area (Å²) < 4.78 is 0. The predicted molar refractivity (Wildman–Crippen MR) is 109 cm³/mol. The van der Waals surface area contributed by atoms with Crippen LogP contribution in [0.1, 0.15) is 50.5 Å². The van der Waals surface area contributed by atoms with Crippen molar-refractivity contribution in [3.05, 3.63) is 76.1 Å². The standard InChI is InChI=1S/C17H17NO3.2C2H6/c1-5-9-11(7-3)14-15(17(20)21)12(10-6-2)13(8-4)18-16(14)19;2*1-2/h5-10H,1-3H2,4H3,(H,18,19)(H,20,21);2*1-2H3/b11-9+,12-10+,13-8+;;. The van der Waals surface area contributed by atoms with Crippen molar-refractivity contribution in [3.8, 4) is 0 Å². The maximum absolute atomic E-state index is 12.3. The molecule has 1 aromatic heterocycles. The van der Waals surface area contributed by atoms with E-state index in [9.17, 15) is 14.7 Å². The highest BCUT2D eigenvalue weighted by Crippen LogP contribution is 2.13. The first kappa shape index (κ1) is 24.4. The van der Waals surface area contributed by atoms with Gasteiger partial charge in [0.05, 0.1) is 11.1 Å². The SMILES string of the molecule is C=C/C=c1/c(C(=O)O)c(/C(C=C)=C/C=C)c(=O)[nH]/c1=C/C.CC.CC. The molecule has 0 unspecified atom stereocenters. The minimum atomic E-state index is -1.19. The number of rotatable bonds is 5. The molecule has 0 saturated carbocycles. The normalized spacial score (nSPS) is 11.5. The van der Waals surface area contributed by atoms with Gasteiger partial charge < -0.3 is 10.1 Å². The highest BCUT2D eigenvalue weighted by Gasteiger charge is 2.18. The van der Waals surface area contributed by atoms with Gasteiger partial charge in [-0.25, -0.2) is 4.79 Å². The minimum absolute atomic E-state index is 0.0519. The Bertz CT molecular complexity index is 809. The number of H-pyrrole nitrogens is 1. The molecule has 4 heteroatoms. The summed E-state index contributed by atoms with van der Waals surface area (Å²) in [6.45, 7) is 20.5. The Labute approximate surface area is 149 Å². The molecule has 1 aromatic rings. The molecule has 0 aliphatic heterocycles. The van der Waals surface area contributed by atoms with Gasteiger partial charge in [0, 0.05) is 10.6 Å². The van der Waals surface area contributed by atoms with Gasteiger partial charge in [-0.1, -0.05) is 83.9 Å². The van der Waals surface area contributed by atoms with Crippen LogP contribution in [0.4, 0.5) is 0 Å². The fraction of sp³-hybridized carbons (Fsp3) is 0.238. The van der Waals surface area contributed by atoms with E-state index < -0.39 is 11.5 Å². The van der Waals surface area contributed by atoms with E-state index in [1.54, 1.807) is 19.1 Å². The van der Waals surface area contributed by atoms with Gasteiger partial charge in [-0.2, -0.15) is 0 Å². The maximum Gasteiger partial charge on any atom is 0.337 e. The molecule has 0 bridgehead atoms. The zero-order valence-corrected chi connectivity index (χ0v) is 15.8. The first-order chi connectivity index (χ1) is 12.0. The average molecular weight is 343 g/mol. The molecule has 1 heterocycles. The van der Waals surface area contributed by atoms with E-state index in [4.69, 9.17) is 0 Å². The highest BCUT2D eigenvalue weighted by atomic mass is 16.4. The second kappa shape index (κ2) is 13.5. The van der Waals surface area contributed by atoms with E-state index in [1.165, 1.54) is 24.3 Å². The van der Waals surface area contributed by atoms with Crippen LogP contribution in [0.25, 0.3) is 17.7 Å². The van der Waals surface area contributed by atoms with Crippen molar-refractivity contribution in [2.24, 2.45) is 0 Å². The van der Waals surface area contributed by atoms with Crippen LogP contribution >= 0.6 is 0 Å². The van der Waals surface area contributed by atoms with Gasteiger partial charge >= 0.3 is 5.97 Å². The molecule has 1 rings (SSSR count). The van der Waals surface area contributed by atoms with Crippen LogP contribution in [0.2, 0.25) is 0 Å². The maximum atomic E-state index is 12.3. The molecule has 0 radical (unpaired) electrons. The van der Waals surface area contributed by atoms with Gasteiger partial charge in [0.1, 0.15) is 0 Å². The molecule has 0 fully saturated rings. The lowest BCUT2D eigenvalue weighted by molar-refractivity contribution is 0.0695. The Morgan fingerprint density at radius 2 is 1.60 bits per heavy atom. The summed E-state index contributed by atoms with van der Waals surface area (Å²) in [6.07, 6.45) is 9.09. The molecule has 25 heavy (non-hydrogen) atoms. The summed E-state index contributed by atoms with van der Waals surface area (Å²) in [6, 6.07) is 0. The Kier molecular flexibility index (Phi) is 13.2. The number of aromatic carboxylic acids is 1. The molecule has 0 atom stereocenters. The topological polar surface area (TPSA) is 70.2 Å². The summed E-state index contributed by atoms with van der Waals surface area (Å²) in [5.74, 6) is -1.19. The average Bonchev–Trinajstić information content (AvgIpc) is 2.64. The molecular weight excluding hydrogens is 314 g/mol. The number of hydrogen-bond donors (Lipinski definition) is 2. The molecule has 0 aromatic carbocycles. The fourth-order valence-corrected chi connectivity index (χ4v) is 2.03. The first-order valence-electron chi connectivity index (χ1n) is 8.26. The van der Waals surface area contributed by atoms with Crippen molar-refractivity contribution < 1.29 is 9.90 Å². The molecule has 0 aliphatic rings. The lowest BCUT2D eigenvalue weighted by atomic mass is 9.98. The number of aromatic amines is 1. The van der Waals surface area contributed by atoms with E-state index in [0.29, 0.717) is 16.1 Å². The summed E-state index contributed by atoms with van der Waals surface area (Å²) in [5.41, 5.74) is -0.129. The summed E-state index contributed by atoms with van der Waals surface area (Å²) >= 11 is 0. The molecule has 0 spiro atoms. The zero-order valence-electron chi connectivity index (χ0n) is 15.8. The number of carboxylic acid groups (broad SMARTS) is 1. The van der Waals surface area contributed by atoms with Crippen LogP contribution in [-0.4, -0.2) is 16.1 Å². The monoisotopic (exact) mass is 343 g/mol. The Morgan fingerprint density at radius 1 is 1.04 bits per heavy atom. The predicted octanol–water partition coefficient (Wildman–Crippen LogP) is 3.65.